The van der Waals surface area contributed by atoms with E-state index in [0.29, 0.717) is 24.3 Å². The molecule has 0 spiro atoms. The molecule has 9 heteroatoms. The van der Waals surface area contributed by atoms with E-state index in [-0.39, 0.29) is 16.8 Å². The molecule has 0 aliphatic carbocycles. The molecule has 0 saturated carbocycles. The Labute approximate surface area is 212 Å². The van der Waals surface area contributed by atoms with Crippen molar-refractivity contribution in [2.24, 2.45) is 5.16 Å². The summed E-state index contributed by atoms with van der Waals surface area (Å²) in [6.45, 7) is 6.69. The number of halogens is 5. The van der Waals surface area contributed by atoms with Gasteiger partial charge < -0.3 is 14.9 Å². The molecule has 0 saturated heterocycles. The minimum absolute atomic E-state index is 0.0916. The summed E-state index contributed by atoms with van der Waals surface area (Å²) < 4.78 is 74.2. The van der Waals surface area contributed by atoms with Crippen molar-refractivity contribution in [2.75, 3.05) is 7.11 Å². The van der Waals surface area contributed by atoms with E-state index in [1.807, 2.05) is 63.2 Å². The van der Waals surface area contributed by atoms with Crippen molar-refractivity contribution in [1.82, 2.24) is 5.32 Å². The van der Waals surface area contributed by atoms with Crippen LogP contribution in [0.2, 0.25) is 0 Å². The van der Waals surface area contributed by atoms with Crippen molar-refractivity contribution in [1.29, 1.82) is 0 Å². The predicted molar refractivity (Wildman–Crippen MR) is 132 cm³/mol. The number of nitrogens with zero attached hydrogens (tertiary/aromatic N) is 1. The first-order valence-electron chi connectivity index (χ1n) is 11.6. The molecule has 1 aliphatic heterocycles. The number of hydrogen-bond acceptors (Lipinski definition) is 4. The maximum absolute atomic E-state index is 14.0. The molecule has 1 unspecified atom stereocenters. The Balaban J connectivity index is 1.78. The average Bonchev–Trinajstić information content (AvgIpc) is 3.32. The minimum atomic E-state index is -4.82. The molecule has 4 nitrogen and oxygen atoms in total. The number of methoxy groups -OCH3 is 1. The van der Waals surface area contributed by atoms with E-state index in [0.717, 1.165) is 28.8 Å². The van der Waals surface area contributed by atoms with Crippen molar-refractivity contribution >= 4 is 5.84 Å². The van der Waals surface area contributed by atoms with E-state index in [1.54, 1.807) is 0 Å². The topological polar surface area (TPSA) is 42.8 Å². The van der Waals surface area contributed by atoms with Gasteiger partial charge in [0.25, 0.3) is 5.92 Å². The molecule has 0 radical (unpaired) electrons. The Hall–Kier alpha value is -3.62. The van der Waals surface area contributed by atoms with Crippen LogP contribution >= 0.6 is 0 Å². The molecule has 0 aromatic heterocycles. The maximum Gasteiger partial charge on any atom is 0.416 e. The fraction of sp³-hybridized carbons (Fsp3) is 0.321. The fourth-order valence-electron chi connectivity index (χ4n) is 4.07. The molecular weight excluding hydrogens is 491 g/mol. The Morgan fingerprint density at radius 1 is 0.811 bits per heavy atom. The smallest absolute Gasteiger partial charge is 0.416 e. The Kier molecular flexibility index (Phi) is 6.69. The molecule has 4 rings (SSSR count). The van der Waals surface area contributed by atoms with Gasteiger partial charge in [0.2, 0.25) is 6.23 Å². The van der Waals surface area contributed by atoms with Crippen molar-refractivity contribution in [2.45, 2.75) is 51.4 Å². The zero-order valence-corrected chi connectivity index (χ0v) is 21.0. The van der Waals surface area contributed by atoms with Gasteiger partial charge in [-0.15, -0.1) is 0 Å². The first-order valence-corrected chi connectivity index (χ1v) is 11.6. The molecule has 3 aromatic carbocycles. The second-order valence-corrected chi connectivity index (χ2v) is 10.0. The highest BCUT2D eigenvalue weighted by Gasteiger charge is 2.36. The molecule has 196 valence electrons. The molecule has 1 heterocycles. The third-order valence-electron chi connectivity index (χ3n) is 6.11. The Morgan fingerprint density at radius 3 is 2.03 bits per heavy atom. The van der Waals surface area contributed by atoms with Gasteiger partial charge in [0.05, 0.1) is 18.2 Å². The number of hydrogen-bond donors (Lipinski definition) is 1. The SMILES string of the molecule is COc1c(-c2ccccc2)cc(C(C)(C)C)cc1C1NC(c2cc(C(C)(F)F)cc(C(F)(F)F)c2)=NO1. The molecule has 37 heavy (non-hydrogen) atoms. The van der Waals surface area contributed by atoms with Crippen LogP contribution in [0.5, 0.6) is 5.75 Å². The van der Waals surface area contributed by atoms with Crippen LogP contribution in [0.3, 0.4) is 0 Å². The first kappa shape index (κ1) is 26.4. The van der Waals surface area contributed by atoms with Crippen LogP contribution in [0.1, 0.15) is 61.7 Å². The van der Waals surface area contributed by atoms with Gasteiger partial charge >= 0.3 is 6.18 Å². The van der Waals surface area contributed by atoms with Gasteiger partial charge in [-0.25, -0.2) is 8.78 Å². The summed E-state index contributed by atoms with van der Waals surface area (Å²) in [6, 6.07) is 15.7. The van der Waals surface area contributed by atoms with Gasteiger partial charge in [-0.1, -0.05) is 56.3 Å². The number of amidine groups is 1. The van der Waals surface area contributed by atoms with E-state index in [9.17, 15) is 22.0 Å². The molecule has 1 atom stereocenters. The number of ether oxygens (including phenoxy) is 1. The standard InChI is InChI=1S/C28H27F5N2O2/c1-26(2,3)18-14-21(16-9-7-6-8-10-16)23(36-5)22(15-18)25-34-24(35-37-25)17-11-19(27(4,29)30)13-20(12-17)28(31,32)33/h6-15,25H,1-5H3,(H,34,35). The van der Waals surface area contributed by atoms with Gasteiger partial charge in [-0.2, -0.15) is 13.2 Å². The number of benzene rings is 3. The highest BCUT2D eigenvalue weighted by atomic mass is 19.4. The van der Waals surface area contributed by atoms with Crippen molar-refractivity contribution in [3.8, 4) is 16.9 Å². The zero-order chi connectivity index (χ0) is 27.2. The van der Waals surface area contributed by atoms with E-state index >= 15 is 0 Å². The number of alkyl halides is 5. The zero-order valence-electron chi connectivity index (χ0n) is 21.0. The molecule has 0 amide bonds. The van der Waals surface area contributed by atoms with E-state index in [1.165, 1.54) is 7.11 Å². The van der Waals surface area contributed by atoms with Gasteiger partial charge in [0.1, 0.15) is 5.75 Å². The largest absolute Gasteiger partial charge is 0.496 e. The van der Waals surface area contributed by atoms with E-state index in [2.05, 4.69) is 10.5 Å². The summed E-state index contributed by atoms with van der Waals surface area (Å²) in [7, 11) is 1.52. The van der Waals surface area contributed by atoms with E-state index in [4.69, 9.17) is 9.57 Å². The second-order valence-electron chi connectivity index (χ2n) is 10.0. The van der Waals surface area contributed by atoms with Crippen LogP contribution in [-0.2, 0) is 22.4 Å². The predicted octanol–water partition coefficient (Wildman–Crippen LogP) is 7.77. The van der Waals surface area contributed by atoms with Crippen LogP contribution < -0.4 is 10.1 Å². The lowest BCUT2D eigenvalue weighted by molar-refractivity contribution is -0.137. The lowest BCUT2D eigenvalue weighted by Gasteiger charge is -2.25. The monoisotopic (exact) mass is 518 g/mol. The average molecular weight is 519 g/mol. The summed E-state index contributed by atoms with van der Waals surface area (Å²) in [5.74, 6) is -3.08. The normalized spacial score (nSPS) is 16.2. The van der Waals surface area contributed by atoms with Crippen molar-refractivity contribution in [3.05, 3.63) is 88.5 Å². The van der Waals surface area contributed by atoms with Gasteiger partial charge in [-0.05, 0) is 46.9 Å². The quantitative estimate of drug-likeness (QED) is 0.351. The van der Waals surface area contributed by atoms with Crippen LogP contribution in [0.15, 0.2) is 65.8 Å². The lowest BCUT2D eigenvalue weighted by Crippen LogP contribution is -2.26. The first-order chi connectivity index (χ1) is 17.2. The third kappa shape index (κ3) is 5.55. The summed E-state index contributed by atoms with van der Waals surface area (Å²) in [6.07, 6.45) is -5.74. The van der Waals surface area contributed by atoms with Crippen molar-refractivity contribution < 1.29 is 31.5 Å². The summed E-state index contributed by atoms with van der Waals surface area (Å²) in [5, 5.41) is 6.87. The van der Waals surface area contributed by atoms with Crippen LogP contribution in [0, 0.1) is 0 Å². The maximum atomic E-state index is 14.0. The summed E-state index contributed by atoms with van der Waals surface area (Å²) >= 11 is 0. The van der Waals surface area contributed by atoms with Crippen LogP contribution in [0.25, 0.3) is 11.1 Å². The van der Waals surface area contributed by atoms with Gasteiger partial charge in [0.15, 0.2) is 5.84 Å². The second kappa shape index (κ2) is 9.36. The van der Waals surface area contributed by atoms with Crippen LogP contribution in [0.4, 0.5) is 22.0 Å². The van der Waals surface area contributed by atoms with Crippen molar-refractivity contribution in [3.63, 3.8) is 0 Å². The number of oxime groups is 1. The molecule has 0 fully saturated rings. The highest BCUT2D eigenvalue weighted by Crippen LogP contribution is 2.42. The minimum Gasteiger partial charge on any atom is -0.496 e. The number of rotatable bonds is 5. The Bertz CT molecular complexity index is 1290. The molecule has 3 aromatic rings. The molecular formula is C28H27F5N2O2. The lowest BCUT2D eigenvalue weighted by atomic mass is 9.83. The summed E-state index contributed by atoms with van der Waals surface area (Å²) in [4.78, 5) is 5.59. The fourth-order valence-corrected chi connectivity index (χ4v) is 4.07. The molecule has 1 aliphatic rings. The highest BCUT2D eigenvalue weighted by molar-refractivity contribution is 5.99. The van der Waals surface area contributed by atoms with Gasteiger partial charge in [-0.3, -0.25) is 0 Å². The number of nitrogens with one attached hydrogen (secondary N) is 1. The summed E-state index contributed by atoms with van der Waals surface area (Å²) in [5.41, 5.74) is 0.846. The molecule has 1 N–H and O–H groups in total. The van der Waals surface area contributed by atoms with Crippen LogP contribution in [-0.4, -0.2) is 12.9 Å². The molecule has 0 bridgehead atoms. The third-order valence-corrected chi connectivity index (χ3v) is 6.11. The van der Waals surface area contributed by atoms with Gasteiger partial charge in [0, 0.05) is 23.6 Å². The Morgan fingerprint density at radius 2 is 1.46 bits per heavy atom. The van der Waals surface area contributed by atoms with E-state index < -0.39 is 29.5 Å².